The molecule has 1 nitrogen and oxygen atoms in total. The fourth-order valence-electron chi connectivity index (χ4n) is 1.57. The molecule has 0 bridgehead atoms. The topological polar surface area (TPSA) is 26.0 Å². The number of allylic oxidation sites excluding steroid dienone is 1. The molecule has 0 aromatic rings. The minimum Gasteiger partial charge on any atom is -0.324 e. The number of rotatable bonds is 6. The molecule has 0 spiro atoms. The summed E-state index contributed by atoms with van der Waals surface area (Å²) in [6.45, 7) is 8.93. The SMILES string of the molecule is CCC=CC(N)C(C)C(C)CCC. The zero-order chi connectivity index (χ0) is 10.3. The summed E-state index contributed by atoms with van der Waals surface area (Å²) in [6, 6.07) is 0.237. The molecule has 0 aliphatic heterocycles. The van der Waals surface area contributed by atoms with Gasteiger partial charge in [0.05, 0.1) is 0 Å². The van der Waals surface area contributed by atoms with E-state index in [1.165, 1.54) is 12.8 Å². The van der Waals surface area contributed by atoms with Gasteiger partial charge >= 0.3 is 0 Å². The van der Waals surface area contributed by atoms with E-state index in [1.54, 1.807) is 0 Å². The van der Waals surface area contributed by atoms with E-state index in [9.17, 15) is 0 Å². The summed E-state index contributed by atoms with van der Waals surface area (Å²) in [7, 11) is 0. The smallest absolute Gasteiger partial charge is 0.0252 e. The Balaban J connectivity index is 3.92. The minimum atomic E-state index is 0.237. The normalized spacial score (nSPS) is 18.8. The lowest BCUT2D eigenvalue weighted by atomic mass is 9.86. The van der Waals surface area contributed by atoms with Gasteiger partial charge in [-0.15, -0.1) is 0 Å². The summed E-state index contributed by atoms with van der Waals surface area (Å²) in [5, 5.41) is 0. The predicted molar refractivity (Wildman–Crippen MR) is 60.6 cm³/mol. The third-order valence-corrected chi connectivity index (χ3v) is 2.84. The standard InChI is InChI=1S/C12H25N/c1-5-7-9-12(13)11(4)10(3)8-6-2/h7,9-12H,5-6,8,13H2,1-4H3. The van der Waals surface area contributed by atoms with E-state index < -0.39 is 0 Å². The Labute approximate surface area is 83.4 Å². The highest BCUT2D eigenvalue weighted by Crippen LogP contribution is 2.19. The second-order valence-corrected chi connectivity index (χ2v) is 4.04. The Hall–Kier alpha value is -0.300. The molecule has 0 aromatic carbocycles. The van der Waals surface area contributed by atoms with Gasteiger partial charge in [-0.25, -0.2) is 0 Å². The Kier molecular flexibility index (Phi) is 6.97. The van der Waals surface area contributed by atoms with Gasteiger partial charge < -0.3 is 5.73 Å². The van der Waals surface area contributed by atoms with Crippen LogP contribution in [0, 0.1) is 11.8 Å². The van der Waals surface area contributed by atoms with Crippen LogP contribution >= 0.6 is 0 Å². The molecule has 2 N–H and O–H groups in total. The molecule has 3 unspecified atom stereocenters. The molecule has 0 aliphatic carbocycles. The maximum absolute atomic E-state index is 6.05. The lowest BCUT2D eigenvalue weighted by Crippen LogP contribution is -2.30. The quantitative estimate of drug-likeness (QED) is 0.628. The second kappa shape index (κ2) is 7.14. The van der Waals surface area contributed by atoms with Gasteiger partial charge in [0.25, 0.3) is 0 Å². The highest BCUT2D eigenvalue weighted by molar-refractivity contribution is 4.94. The third-order valence-electron chi connectivity index (χ3n) is 2.84. The highest BCUT2D eigenvalue weighted by atomic mass is 14.6. The molecule has 0 saturated carbocycles. The molecule has 0 heterocycles. The van der Waals surface area contributed by atoms with Crippen LogP contribution in [0.25, 0.3) is 0 Å². The summed E-state index contributed by atoms with van der Waals surface area (Å²) in [5.74, 6) is 1.34. The molecule has 0 rings (SSSR count). The second-order valence-electron chi connectivity index (χ2n) is 4.04. The molecule has 0 radical (unpaired) electrons. The van der Waals surface area contributed by atoms with Gasteiger partial charge in [0.2, 0.25) is 0 Å². The van der Waals surface area contributed by atoms with Crippen molar-refractivity contribution < 1.29 is 0 Å². The molecule has 1 heteroatoms. The Morgan fingerprint density at radius 2 is 1.85 bits per heavy atom. The summed E-state index contributed by atoms with van der Waals surface area (Å²) < 4.78 is 0. The van der Waals surface area contributed by atoms with E-state index in [0.29, 0.717) is 5.92 Å². The molecule has 13 heavy (non-hydrogen) atoms. The van der Waals surface area contributed by atoms with E-state index in [2.05, 4.69) is 39.8 Å². The summed E-state index contributed by atoms with van der Waals surface area (Å²) in [4.78, 5) is 0. The van der Waals surface area contributed by atoms with Crippen molar-refractivity contribution in [3.63, 3.8) is 0 Å². The monoisotopic (exact) mass is 183 g/mol. The van der Waals surface area contributed by atoms with Gasteiger partial charge in [-0.3, -0.25) is 0 Å². The van der Waals surface area contributed by atoms with Crippen LogP contribution in [0.2, 0.25) is 0 Å². The molecule has 0 aromatic heterocycles. The van der Waals surface area contributed by atoms with Gasteiger partial charge in [0, 0.05) is 6.04 Å². The fraction of sp³-hybridized carbons (Fsp3) is 0.833. The molecule has 0 aliphatic rings. The van der Waals surface area contributed by atoms with Crippen LogP contribution in [0.15, 0.2) is 12.2 Å². The first-order valence-electron chi connectivity index (χ1n) is 5.55. The van der Waals surface area contributed by atoms with E-state index in [-0.39, 0.29) is 6.04 Å². The van der Waals surface area contributed by atoms with Gasteiger partial charge in [-0.05, 0) is 18.3 Å². The number of hydrogen-bond donors (Lipinski definition) is 1. The van der Waals surface area contributed by atoms with Crippen LogP contribution in [0.1, 0.15) is 47.0 Å². The molecule has 3 atom stereocenters. The van der Waals surface area contributed by atoms with Crippen molar-refractivity contribution in [2.45, 2.75) is 53.0 Å². The minimum absolute atomic E-state index is 0.237. The van der Waals surface area contributed by atoms with Crippen molar-refractivity contribution >= 4 is 0 Å². The molecular weight excluding hydrogens is 158 g/mol. The Morgan fingerprint density at radius 3 is 2.31 bits per heavy atom. The maximum atomic E-state index is 6.05. The van der Waals surface area contributed by atoms with Crippen molar-refractivity contribution in [3.8, 4) is 0 Å². The predicted octanol–water partition coefficient (Wildman–Crippen LogP) is 3.35. The third kappa shape index (κ3) is 5.09. The van der Waals surface area contributed by atoms with Crippen LogP contribution in [0.4, 0.5) is 0 Å². The first-order valence-corrected chi connectivity index (χ1v) is 5.55. The molecular formula is C12H25N. The summed E-state index contributed by atoms with van der Waals surface area (Å²) in [5.41, 5.74) is 6.05. The first-order chi connectivity index (χ1) is 6.13. The van der Waals surface area contributed by atoms with Crippen molar-refractivity contribution in [2.75, 3.05) is 0 Å². The molecule has 0 saturated heterocycles. The first kappa shape index (κ1) is 12.7. The van der Waals surface area contributed by atoms with Crippen LogP contribution in [-0.4, -0.2) is 6.04 Å². The fourth-order valence-corrected chi connectivity index (χ4v) is 1.57. The van der Waals surface area contributed by atoms with Crippen LogP contribution in [0.5, 0.6) is 0 Å². The zero-order valence-electron chi connectivity index (χ0n) is 9.59. The van der Waals surface area contributed by atoms with E-state index >= 15 is 0 Å². The lowest BCUT2D eigenvalue weighted by Gasteiger charge is -2.23. The molecule has 78 valence electrons. The average Bonchev–Trinajstić information content (AvgIpc) is 2.13. The van der Waals surface area contributed by atoms with Gasteiger partial charge in [0.1, 0.15) is 0 Å². The number of hydrogen-bond acceptors (Lipinski definition) is 1. The van der Waals surface area contributed by atoms with E-state index in [0.717, 1.165) is 12.3 Å². The lowest BCUT2D eigenvalue weighted by molar-refractivity contribution is 0.334. The largest absolute Gasteiger partial charge is 0.324 e. The Morgan fingerprint density at radius 1 is 1.23 bits per heavy atom. The average molecular weight is 183 g/mol. The zero-order valence-corrected chi connectivity index (χ0v) is 9.59. The summed E-state index contributed by atoms with van der Waals surface area (Å²) >= 11 is 0. The van der Waals surface area contributed by atoms with Crippen molar-refractivity contribution in [2.24, 2.45) is 17.6 Å². The van der Waals surface area contributed by atoms with Crippen LogP contribution in [-0.2, 0) is 0 Å². The number of nitrogens with two attached hydrogens (primary N) is 1. The van der Waals surface area contributed by atoms with Crippen molar-refractivity contribution in [1.82, 2.24) is 0 Å². The van der Waals surface area contributed by atoms with Crippen molar-refractivity contribution in [3.05, 3.63) is 12.2 Å². The van der Waals surface area contributed by atoms with E-state index in [1.807, 2.05) is 0 Å². The maximum Gasteiger partial charge on any atom is 0.0252 e. The molecule has 0 amide bonds. The van der Waals surface area contributed by atoms with Crippen LogP contribution < -0.4 is 5.73 Å². The summed E-state index contributed by atoms with van der Waals surface area (Å²) in [6.07, 6.45) is 7.95. The van der Waals surface area contributed by atoms with Crippen molar-refractivity contribution in [1.29, 1.82) is 0 Å². The Bertz CT molecular complexity index is 140. The van der Waals surface area contributed by atoms with Gasteiger partial charge in [-0.1, -0.05) is 52.7 Å². The highest BCUT2D eigenvalue weighted by Gasteiger charge is 2.16. The molecule has 0 fully saturated rings. The van der Waals surface area contributed by atoms with Gasteiger partial charge in [0.15, 0.2) is 0 Å². The van der Waals surface area contributed by atoms with E-state index in [4.69, 9.17) is 5.73 Å². The van der Waals surface area contributed by atoms with Crippen LogP contribution in [0.3, 0.4) is 0 Å². The van der Waals surface area contributed by atoms with Gasteiger partial charge in [-0.2, -0.15) is 0 Å².